The molecule has 0 N–H and O–H groups in total. The summed E-state index contributed by atoms with van der Waals surface area (Å²) in [4.78, 5) is 3.67. The maximum atomic E-state index is 2.55. The first kappa shape index (κ1) is 39.2. The minimum atomic E-state index is 1.13. The van der Waals surface area contributed by atoms with Crippen LogP contribution in [0, 0.1) is 0 Å². The molecule has 0 saturated carbocycles. The Kier molecular flexibility index (Phi) is 9.12. The summed E-state index contributed by atoms with van der Waals surface area (Å²) in [6.45, 7) is 0. The van der Waals surface area contributed by atoms with Crippen LogP contribution in [0.25, 0.3) is 106 Å². The number of anilines is 3. The number of nitrogens with zero attached hydrogens (tertiary/aromatic N) is 3. The predicted octanol–water partition coefficient (Wildman–Crippen LogP) is 18.8. The van der Waals surface area contributed by atoms with Crippen LogP contribution in [0.3, 0.4) is 0 Å². The van der Waals surface area contributed by atoms with Gasteiger partial charge in [-0.2, -0.15) is 0 Å². The smallest absolute Gasteiger partial charge is 0.103 e. The van der Waals surface area contributed by atoms with Crippen LogP contribution in [0.4, 0.5) is 16.4 Å². The monoisotopic (exact) mass is 921 g/mol. The average molecular weight is 922 g/mol. The first-order chi connectivity index (χ1) is 33.7. The van der Waals surface area contributed by atoms with E-state index in [1.54, 1.807) is 0 Å². The van der Waals surface area contributed by atoms with E-state index in [1.165, 1.54) is 100 Å². The van der Waals surface area contributed by atoms with E-state index in [2.05, 4.69) is 251 Å². The lowest BCUT2D eigenvalue weighted by atomic mass is 10.0. The third kappa shape index (κ3) is 6.37. The summed E-state index contributed by atoms with van der Waals surface area (Å²) in [7, 11) is 0. The molecule has 68 heavy (non-hydrogen) atoms. The zero-order valence-corrected chi connectivity index (χ0v) is 39.0. The molecule has 9 aromatic carbocycles. The molecule has 5 aromatic heterocycles. The number of thiophene rings is 3. The fourth-order valence-electron chi connectivity index (χ4n) is 10.1. The van der Waals surface area contributed by atoms with Crippen LogP contribution in [0.2, 0.25) is 0 Å². The van der Waals surface area contributed by atoms with Gasteiger partial charge in [0.2, 0.25) is 0 Å². The van der Waals surface area contributed by atoms with E-state index in [-0.39, 0.29) is 0 Å². The number of fused-ring (bicyclic) bond motifs is 9. The van der Waals surface area contributed by atoms with E-state index in [1.807, 2.05) is 34.0 Å². The number of para-hydroxylation sites is 2. The standard InChI is InChI=1S/C62H39N3S3/c1-4-16-44(17-5-1)55-38-53-59(66-55)61-57(64(53)51-32-28-42(29-33-51)47-26-24-40-14-10-12-18-45(40)36-47)58-62(68-61)60-54(39-56(67-60)63(49-20-6-2-7-21-49)50-22-8-3-9-23-50)65(58)52-34-30-43(31-35-52)48-27-25-41-15-11-13-19-46(41)37-48/h1-39H. The Labute approximate surface area is 404 Å². The number of rotatable bonds is 8. The summed E-state index contributed by atoms with van der Waals surface area (Å²) in [5.41, 5.74) is 15.5. The molecule has 0 saturated heterocycles. The minimum Gasteiger partial charge on any atom is -0.306 e. The average Bonchev–Trinajstić information content (AvgIpc) is 4.22. The maximum absolute atomic E-state index is 2.55. The van der Waals surface area contributed by atoms with Crippen molar-refractivity contribution in [2.24, 2.45) is 0 Å². The van der Waals surface area contributed by atoms with Gasteiger partial charge < -0.3 is 14.0 Å². The lowest BCUT2D eigenvalue weighted by molar-refractivity contribution is 1.15. The SMILES string of the molecule is c1ccc(-c2cc3c(s2)c2sc4c5sc(N(c6ccccc6)c6ccccc6)cc5n(-c5ccc(-c6ccc7ccccc7c6)cc5)c4c2n3-c2ccc(-c3ccc4ccccc4c3)cc2)cc1. The molecule has 0 fully saturated rings. The van der Waals surface area contributed by atoms with Crippen molar-refractivity contribution in [1.82, 2.24) is 9.13 Å². The molecule has 0 unspecified atom stereocenters. The molecular formula is C62H39N3S3. The highest BCUT2D eigenvalue weighted by atomic mass is 32.1. The molecule has 0 radical (unpaired) electrons. The number of aromatic nitrogens is 2. The first-order valence-corrected chi connectivity index (χ1v) is 25.3. The minimum absolute atomic E-state index is 1.13. The summed E-state index contributed by atoms with van der Waals surface area (Å²) >= 11 is 5.72. The second-order valence-electron chi connectivity index (χ2n) is 17.3. The van der Waals surface area contributed by atoms with E-state index in [0.29, 0.717) is 0 Å². The van der Waals surface area contributed by atoms with Gasteiger partial charge in [0.05, 0.1) is 40.9 Å². The highest BCUT2D eigenvalue weighted by Gasteiger charge is 2.28. The van der Waals surface area contributed by atoms with Crippen molar-refractivity contribution in [3.8, 4) is 44.1 Å². The second kappa shape index (κ2) is 15.8. The van der Waals surface area contributed by atoms with Crippen molar-refractivity contribution in [3.63, 3.8) is 0 Å². The first-order valence-electron chi connectivity index (χ1n) is 22.9. The van der Waals surface area contributed by atoms with Gasteiger partial charge in [0.1, 0.15) is 5.00 Å². The van der Waals surface area contributed by atoms with Gasteiger partial charge in [0, 0.05) is 27.6 Å². The molecule has 14 aromatic rings. The van der Waals surface area contributed by atoms with Gasteiger partial charge in [-0.15, -0.1) is 34.0 Å². The molecule has 0 aliphatic heterocycles. The maximum Gasteiger partial charge on any atom is 0.103 e. The Morgan fingerprint density at radius 1 is 0.294 bits per heavy atom. The predicted molar refractivity (Wildman–Crippen MR) is 295 cm³/mol. The van der Waals surface area contributed by atoms with E-state index in [4.69, 9.17) is 0 Å². The lowest BCUT2D eigenvalue weighted by Crippen LogP contribution is -2.07. The third-order valence-electron chi connectivity index (χ3n) is 13.3. The zero-order chi connectivity index (χ0) is 44.7. The molecular weight excluding hydrogens is 883 g/mol. The fraction of sp³-hybridized carbons (Fsp3) is 0. The van der Waals surface area contributed by atoms with Gasteiger partial charge in [0.15, 0.2) is 0 Å². The Balaban J connectivity index is 1.02. The van der Waals surface area contributed by atoms with Gasteiger partial charge in [-0.05, 0) is 122 Å². The van der Waals surface area contributed by atoms with Crippen LogP contribution >= 0.6 is 34.0 Å². The topological polar surface area (TPSA) is 13.1 Å². The lowest BCUT2D eigenvalue weighted by Gasteiger charge is -2.23. The summed E-state index contributed by atoms with van der Waals surface area (Å²) in [5.74, 6) is 0. The van der Waals surface area contributed by atoms with Gasteiger partial charge in [0.25, 0.3) is 0 Å². The highest BCUT2D eigenvalue weighted by Crippen LogP contribution is 2.54. The van der Waals surface area contributed by atoms with Gasteiger partial charge in [-0.25, -0.2) is 0 Å². The van der Waals surface area contributed by atoms with Crippen LogP contribution < -0.4 is 4.90 Å². The van der Waals surface area contributed by atoms with Crippen LogP contribution in [0.1, 0.15) is 0 Å². The highest BCUT2D eigenvalue weighted by molar-refractivity contribution is 7.35. The number of hydrogen-bond acceptors (Lipinski definition) is 4. The Hall–Kier alpha value is -8.00. The summed E-state index contributed by atoms with van der Waals surface area (Å²) < 4.78 is 10.3. The van der Waals surface area contributed by atoms with Crippen LogP contribution in [-0.4, -0.2) is 9.13 Å². The Bertz CT molecular complexity index is 4140. The van der Waals surface area contributed by atoms with Crippen molar-refractivity contribution in [2.45, 2.75) is 0 Å². The van der Waals surface area contributed by atoms with Crippen molar-refractivity contribution < 1.29 is 0 Å². The van der Waals surface area contributed by atoms with Crippen molar-refractivity contribution >= 4 is 113 Å². The summed E-state index contributed by atoms with van der Waals surface area (Å²) in [6, 6.07) is 86.4. The van der Waals surface area contributed by atoms with Crippen molar-refractivity contribution in [1.29, 1.82) is 0 Å². The molecule has 320 valence electrons. The van der Waals surface area contributed by atoms with Crippen LogP contribution in [0.5, 0.6) is 0 Å². The normalized spacial score (nSPS) is 11.8. The summed E-state index contributed by atoms with van der Waals surface area (Å²) in [6.07, 6.45) is 0. The van der Waals surface area contributed by atoms with E-state index in [9.17, 15) is 0 Å². The van der Waals surface area contributed by atoms with Crippen molar-refractivity contribution in [2.75, 3.05) is 4.90 Å². The molecule has 0 amide bonds. The quantitative estimate of drug-likeness (QED) is 0.148. The molecule has 6 heteroatoms. The third-order valence-corrected chi connectivity index (χ3v) is 17.1. The zero-order valence-electron chi connectivity index (χ0n) is 36.6. The molecule has 3 nitrogen and oxygen atoms in total. The van der Waals surface area contributed by atoms with Crippen molar-refractivity contribution in [3.05, 3.63) is 237 Å². The Morgan fingerprint density at radius 2 is 0.721 bits per heavy atom. The van der Waals surface area contributed by atoms with Crippen LogP contribution in [0.15, 0.2) is 237 Å². The summed E-state index contributed by atoms with van der Waals surface area (Å²) in [5, 5.41) is 6.18. The van der Waals surface area contributed by atoms with E-state index < -0.39 is 0 Å². The fourth-order valence-corrected chi connectivity index (χ4v) is 14.0. The molecule has 14 rings (SSSR count). The molecule has 0 aliphatic rings. The number of hydrogen-bond donors (Lipinski definition) is 0. The number of benzene rings is 9. The largest absolute Gasteiger partial charge is 0.306 e. The van der Waals surface area contributed by atoms with Crippen LogP contribution in [-0.2, 0) is 0 Å². The van der Waals surface area contributed by atoms with Gasteiger partial charge in [-0.1, -0.05) is 164 Å². The van der Waals surface area contributed by atoms with Gasteiger partial charge >= 0.3 is 0 Å². The molecule has 0 bridgehead atoms. The Morgan fingerprint density at radius 3 is 1.24 bits per heavy atom. The molecule has 5 heterocycles. The second-order valence-corrected chi connectivity index (χ2v) is 20.4. The van der Waals surface area contributed by atoms with Gasteiger partial charge in [-0.3, -0.25) is 0 Å². The molecule has 0 atom stereocenters. The van der Waals surface area contributed by atoms with E-state index in [0.717, 1.165) is 22.7 Å². The van der Waals surface area contributed by atoms with E-state index >= 15 is 0 Å². The molecule has 0 aliphatic carbocycles. The molecule has 0 spiro atoms.